The molecule has 7 heteroatoms. The SMILES string of the molecule is CC(CN(NC(N)=O)C(N)=O)N(C)C. The highest BCUT2D eigenvalue weighted by Crippen LogP contribution is 1.94. The van der Waals surface area contributed by atoms with Crippen LogP contribution in [0.25, 0.3) is 0 Å². The summed E-state index contributed by atoms with van der Waals surface area (Å²) in [6.07, 6.45) is 0. The minimum atomic E-state index is -0.810. The van der Waals surface area contributed by atoms with Gasteiger partial charge in [-0.15, -0.1) is 0 Å². The van der Waals surface area contributed by atoms with Gasteiger partial charge >= 0.3 is 12.1 Å². The molecule has 0 rings (SSSR count). The van der Waals surface area contributed by atoms with Crippen molar-refractivity contribution in [2.75, 3.05) is 20.6 Å². The van der Waals surface area contributed by atoms with E-state index >= 15 is 0 Å². The molecule has 0 aliphatic heterocycles. The zero-order chi connectivity index (χ0) is 11.3. The second-order valence-corrected chi connectivity index (χ2v) is 3.24. The number of carbonyl (C=O) groups is 2. The second-order valence-electron chi connectivity index (χ2n) is 3.24. The van der Waals surface area contributed by atoms with Crippen LogP contribution < -0.4 is 16.9 Å². The molecule has 82 valence electrons. The Bertz CT molecular complexity index is 218. The van der Waals surface area contributed by atoms with Gasteiger partial charge in [0, 0.05) is 6.04 Å². The number of nitrogens with two attached hydrogens (primary N) is 2. The standard InChI is InChI=1S/C7H17N5O2/c1-5(11(2)3)4-12(7(9)14)10-6(8)13/h5H,4H2,1-3H3,(H2,9,14)(H3,8,10,13). The monoisotopic (exact) mass is 203 g/mol. The van der Waals surface area contributed by atoms with Gasteiger partial charge in [-0.25, -0.2) is 20.0 Å². The molecular weight excluding hydrogens is 186 g/mol. The number of carbonyl (C=O) groups excluding carboxylic acids is 2. The van der Waals surface area contributed by atoms with Gasteiger partial charge in [0.2, 0.25) is 0 Å². The minimum absolute atomic E-state index is 0.0642. The van der Waals surface area contributed by atoms with Crippen molar-refractivity contribution in [2.24, 2.45) is 11.5 Å². The first kappa shape index (κ1) is 12.5. The van der Waals surface area contributed by atoms with Crippen LogP contribution in [-0.2, 0) is 0 Å². The third kappa shape index (κ3) is 4.51. The smallest absolute Gasteiger partial charge is 0.333 e. The number of rotatable bonds is 3. The highest BCUT2D eigenvalue weighted by Gasteiger charge is 2.15. The molecule has 0 radical (unpaired) electrons. The lowest BCUT2D eigenvalue weighted by Crippen LogP contribution is -2.54. The average Bonchev–Trinajstić information content (AvgIpc) is 2.01. The topological polar surface area (TPSA) is 105 Å². The average molecular weight is 203 g/mol. The number of nitrogens with zero attached hydrogens (tertiary/aromatic N) is 2. The van der Waals surface area contributed by atoms with Crippen molar-refractivity contribution in [3.8, 4) is 0 Å². The summed E-state index contributed by atoms with van der Waals surface area (Å²) in [4.78, 5) is 23.3. The minimum Gasteiger partial charge on any atom is -0.350 e. The number of hydrogen-bond donors (Lipinski definition) is 3. The number of amides is 4. The molecule has 0 heterocycles. The molecule has 0 aliphatic carbocycles. The summed E-state index contributed by atoms with van der Waals surface area (Å²) in [5, 5.41) is 0.979. The number of hydrogen-bond acceptors (Lipinski definition) is 3. The lowest BCUT2D eigenvalue weighted by Gasteiger charge is -2.27. The van der Waals surface area contributed by atoms with Crippen LogP contribution in [-0.4, -0.2) is 48.7 Å². The van der Waals surface area contributed by atoms with Crippen LogP contribution in [0.3, 0.4) is 0 Å². The van der Waals surface area contributed by atoms with Gasteiger partial charge in [0.15, 0.2) is 0 Å². The van der Waals surface area contributed by atoms with Gasteiger partial charge in [0.05, 0.1) is 6.54 Å². The maximum absolute atomic E-state index is 10.9. The van der Waals surface area contributed by atoms with E-state index in [1.807, 2.05) is 25.9 Å². The van der Waals surface area contributed by atoms with Crippen LogP contribution in [0.1, 0.15) is 6.92 Å². The Morgan fingerprint density at radius 2 is 1.86 bits per heavy atom. The molecule has 4 amide bonds. The number of likely N-dealkylation sites (N-methyl/N-ethyl adjacent to an activating group) is 1. The van der Waals surface area contributed by atoms with Gasteiger partial charge in [-0.3, -0.25) is 0 Å². The molecule has 0 saturated heterocycles. The summed E-state index contributed by atoms with van der Waals surface area (Å²) in [7, 11) is 3.71. The molecular formula is C7H17N5O2. The third-order valence-corrected chi connectivity index (χ3v) is 1.84. The third-order valence-electron chi connectivity index (χ3n) is 1.84. The molecule has 0 spiro atoms. The van der Waals surface area contributed by atoms with Gasteiger partial charge in [-0.2, -0.15) is 0 Å². The van der Waals surface area contributed by atoms with Crippen LogP contribution in [0, 0.1) is 0 Å². The van der Waals surface area contributed by atoms with Crippen molar-refractivity contribution in [1.82, 2.24) is 15.3 Å². The van der Waals surface area contributed by atoms with Gasteiger partial charge in [0.25, 0.3) is 0 Å². The van der Waals surface area contributed by atoms with Crippen molar-refractivity contribution < 1.29 is 9.59 Å². The van der Waals surface area contributed by atoms with Crippen molar-refractivity contribution in [3.05, 3.63) is 0 Å². The van der Waals surface area contributed by atoms with Crippen molar-refractivity contribution in [2.45, 2.75) is 13.0 Å². The molecule has 0 aromatic heterocycles. The summed E-state index contributed by atoms with van der Waals surface area (Å²) in [6, 6.07) is -1.48. The molecule has 1 unspecified atom stereocenters. The maximum atomic E-state index is 10.9. The number of nitrogens with one attached hydrogen (secondary N) is 1. The Hall–Kier alpha value is -1.50. The summed E-state index contributed by atoms with van der Waals surface area (Å²) in [5.41, 5.74) is 12.0. The van der Waals surface area contributed by atoms with Crippen LogP contribution >= 0.6 is 0 Å². The molecule has 0 aromatic carbocycles. The Morgan fingerprint density at radius 3 is 2.14 bits per heavy atom. The van der Waals surface area contributed by atoms with Crippen molar-refractivity contribution >= 4 is 12.1 Å². The fourth-order valence-electron chi connectivity index (χ4n) is 0.751. The zero-order valence-corrected chi connectivity index (χ0v) is 8.65. The van der Waals surface area contributed by atoms with E-state index in [-0.39, 0.29) is 12.6 Å². The second kappa shape index (κ2) is 5.28. The molecule has 0 aromatic rings. The van der Waals surface area contributed by atoms with E-state index in [1.165, 1.54) is 0 Å². The maximum Gasteiger partial charge on any atom is 0.333 e. The Labute approximate surface area is 83.0 Å². The van der Waals surface area contributed by atoms with Crippen LogP contribution in [0.4, 0.5) is 9.59 Å². The largest absolute Gasteiger partial charge is 0.350 e. The summed E-state index contributed by atoms with van der Waals surface area (Å²) < 4.78 is 0. The summed E-state index contributed by atoms with van der Waals surface area (Å²) in [6.45, 7) is 2.17. The van der Waals surface area contributed by atoms with E-state index in [1.54, 1.807) is 0 Å². The quantitative estimate of drug-likeness (QED) is 0.507. The summed E-state index contributed by atoms with van der Waals surface area (Å²) in [5.74, 6) is 0. The fraction of sp³-hybridized carbons (Fsp3) is 0.714. The highest BCUT2D eigenvalue weighted by molar-refractivity contribution is 5.78. The van der Waals surface area contributed by atoms with Gasteiger partial charge in [-0.1, -0.05) is 0 Å². The van der Waals surface area contributed by atoms with E-state index in [0.717, 1.165) is 5.01 Å². The van der Waals surface area contributed by atoms with Crippen LogP contribution in [0.5, 0.6) is 0 Å². The molecule has 1 atom stereocenters. The normalized spacial score (nSPS) is 12.3. The molecule has 5 N–H and O–H groups in total. The molecule has 14 heavy (non-hydrogen) atoms. The molecule has 0 bridgehead atoms. The Balaban J connectivity index is 4.23. The lowest BCUT2D eigenvalue weighted by atomic mass is 10.3. The van der Waals surface area contributed by atoms with Gasteiger partial charge in [-0.05, 0) is 21.0 Å². The molecule has 0 saturated carbocycles. The van der Waals surface area contributed by atoms with Gasteiger partial charge in [0.1, 0.15) is 0 Å². The molecule has 0 aliphatic rings. The summed E-state index contributed by atoms with van der Waals surface area (Å²) >= 11 is 0. The van der Waals surface area contributed by atoms with E-state index in [4.69, 9.17) is 11.5 Å². The first-order valence-corrected chi connectivity index (χ1v) is 4.14. The Morgan fingerprint density at radius 1 is 1.36 bits per heavy atom. The fourth-order valence-corrected chi connectivity index (χ4v) is 0.751. The molecule has 7 nitrogen and oxygen atoms in total. The van der Waals surface area contributed by atoms with E-state index < -0.39 is 12.1 Å². The number of urea groups is 2. The van der Waals surface area contributed by atoms with E-state index in [9.17, 15) is 9.59 Å². The van der Waals surface area contributed by atoms with Crippen molar-refractivity contribution in [3.63, 3.8) is 0 Å². The number of primary amides is 2. The van der Waals surface area contributed by atoms with Gasteiger partial charge < -0.3 is 16.4 Å². The Kier molecular flexibility index (Phi) is 4.71. The molecule has 0 fully saturated rings. The first-order valence-electron chi connectivity index (χ1n) is 4.14. The van der Waals surface area contributed by atoms with Crippen LogP contribution in [0.15, 0.2) is 0 Å². The van der Waals surface area contributed by atoms with E-state index in [0.29, 0.717) is 0 Å². The zero-order valence-electron chi connectivity index (χ0n) is 8.65. The van der Waals surface area contributed by atoms with Crippen LogP contribution in [0.2, 0.25) is 0 Å². The van der Waals surface area contributed by atoms with Crippen molar-refractivity contribution in [1.29, 1.82) is 0 Å². The predicted octanol–water partition coefficient (Wildman–Crippen LogP) is -1.10. The number of hydrazine groups is 1. The first-order chi connectivity index (χ1) is 6.34. The van der Waals surface area contributed by atoms with E-state index in [2.05, 4.69) is 5.43 Å². The lowest BCUT2D eigenvalue weighted by molar-refractivity contribution is 0.155. The predicted molar refractivity (Wildman–Crippen MR) is 52.2 cm³/mol. The highest BCUT2D eigenvalue weighted by atomic mass is 16.2.